The monoisotopic (exact) mass is 309 g/mol. The van der Waals surface area contributed by atoms with Gasteiger partial charge in [0.25, 0.3) is 0 Å². The minimum absolute atomic E-state index is 0.139. The van der Waals surface area contributed by atoms with Gasteiger partial charge in [0.2, 0.25) is 0 Å². The van der Waals surface area contributed by atoms with Crippen molar-refractivity contribution in [3.63, 3.8) is 0 Å². The number of nitrogens with one attached hydrogen (secondary N) is 1. The highest BCUT2D eigenvalue weighted by Crippen LogP contribution is 2.26. The molecule has 110 valence electrons. The van der Waals surface area contributed by atoms with Crippen LogP contribution in [0.5, 0.6) is 0 Å². The van der Waals surface area contributed by atoms with Gasteiger partial charge < -0.3 is 5.32 Å². The van der Waals surface area contributed by atoms with Crippen LogP contribution in [0.15, 0.2) is 11.6 Å². The van der Waals surface area contributed by atoms with Crippen LogP contribution in [0.1, 0.15) is 61.2 Å². The molecule has 0 amide bonds. The van der Waals surface area contributed by atoms with Crippen LogP contribution in [0.25, 0.3) is 0 Å². The summed E-state index contributed by atoms with van der Waals surface area (Å²) in [6, 6.07) is 0.278. The van der Waals surface area contributed by atoms with Crippen molar-refractivity contribution in [3.05, 3.63) is 32.2 Å². The van der Waals surface area contributed by atoms with E-state index in [-0.39, 0.29) is 11.5 Å². The first-order valence-corrected chi connectivity index (χ1v) is 8.72. The number of aromatic nitrogens is 2. The second-order valence-corrected chi connectivity index (χ2v) is 8.02. The van der Waals surface area contributed by atoms with Gasteiger partial charge in [-0.2, -0.15) is 0 Å². The van der Waals surface area contributed by atoms with Gasteiger partial charge in [-0.1, -0.05) is 27.7 Å². The lowest BCUT2D eigenvalue weighted by Gasteiger charge is -2.14. The molecule has 5 heteroatoms. The Morgan fingerprint density at radius 2 is 2.10 bits per heavy atom. The van der Waals surface area contributed by atoms with E-state index in [1.165, 1.54) is 9.88 Å². The van der Waals surface area contributed by atoms with E-state index in [1.807, 2.05) is 6.20 Å². The van der Waals surface area contributed by atoms with Crippen molar-refractivity contribution in [3.8, 4) is 0 Å². The highest BCUT2D eigenvalue weighted by Gasteiger charge is 2.18. The maximum Gasteiger partial charge on any atom is 0.109 e. The first-order chi connectivity index (χ1) is 9.40. The average molecular weight is 310 g/mol. The fourth-order valence-corrected chi connectivity index (χ4v) is 3.56. The molecule has 2 aromatic heterocycles. The Bertz CT molecular complexity index is 551. The minimum Gasteiger partial charge on any atom is -0.302 e. The van der Waals surface area contributed by atoms with E-state index in [0.29, 0.717) is 0 Å². The number of rotatable bonds is 5. The summed E-state index contributed by atoms with van der Waals surface area (Å²) in [6.07, 6.45) is 3.05. The first kappa shape index (κ1) is 15.6. The zero-order chi connectivity index (χ0) is 14.8. The molecule has 0 aliphatic carbocycles. The third-order valence-corrected chi connectivity index (χ3v) is 5.71. The van der Waals surface area contributed by atoms with E-state index < -0.39 is 0 Å². The van der Waals surface area contributed by atoms with E-state index >= 15 is 0 Å². The lowest BCUT2D eigenvalue weighted by Crippen LogP contribution is -2.18. The molecule has 20 heavy (non-hydrogen) atoms. The van der Waals surface area contributed by atoms with E-state index in [1.54, 1.807) is 22.7 Å². The summed E-state index contributed by atoms with van der Waals surface area (Å²) < 4.78 is 0. The smallest absolute Gasteiger partial charge is 0.109 e. The van der Waals surface area contributed by atoms with Gasteiger partial charge >= 0.3 is 0 Å². The van der Waals surface area contributed by atoms with Crippen LogP contribution in [0.3, 0.4) is 0 Å². The molecule has 0 saturated carbocycles. The molecule has 0 fully saturated rings. The fourth-order valence-electron chi connectivity index (χ4n) is 1.76. The standard InChI is InChI=1S/C15H23N3S2/c1-6-12-8-17-13(20-12)10(2)16-7-11-9-19-14(18-11)15(3,4)5/h8-10,16H,6-7H2,1-5H3. The van der Waals surface area contributed by atoms with Crippen LogP contribution in [-0.4, -0.2) is 9.97 Å². The summed E-state index contributed by atoms with van der Waals surface area (Å²) in [7, 11) is 0. The van der Waals surface area contributed by atoms with Crippen LogP contribution >= 0.6 is 22.7 Å². The Morgan fingerprint density at radius 3 is 2.65 bits per heavy atom. The third kappa shape index (κ3) is 3.87. The zero-order valence-electron chi connectivity index (χ0n) is 12.9. The molecule has 0 aliphatic rings. The molecule has 2 heterocycles. The normalized spacial score (nSPS) is 13.7. The molecule has 2 rings (SSSR count). The van der Waals surface area contributed by atoms with Crippen molar-refractivity contribution in [2.45, 2.75) is 59.0 Å². The number of nitrogens with zero attached hydrogens (tertiary/aromatic N) is 2. The molecular formula is C15H23N3S2. The van der Waals surface area contributed by atoms with Crippen LogP contribution < -0.4 is 5.32 Å². The van der Waals surface area contributed by atoms with Gasteiger partial charge in [0, 0.05) is 28.4 Å². The molecule has 0 bridgehead atoms. The summed E-state index contributed by atoms with van der Waals surface area (Å²) in [5.41, 5.74) is 1.26. The van der Waals surface area contributed by atoms with Crippen molar-refractivity contribution in [1.82, 2.24) is 15.3 Å². The van der Waals surface area contributed by atoms with Gasteiger partial charge in [-0.25, -0.2) is 9.97 Å². The van der Waals surface area contributed by atoms with Crippen molar-refractivity contribution < 1.29 is 0 Å². The molecule has 0 saturated heterocycles. The predicted molar refractivity (Wildman–Crippen MR) is 87.6 cm³/mol. The van der Waals surface area contributed by atoms with E-state index in [2.05, 4.69) is 50.3 Å². The average Bonchev–Trinajstić information content (AvgIpc) is 3.04. The summed E-state index contributed by atoms with van der Waals surface area (Å²) in [4.78, 5) is 10.5. The van der Waals surface area contributed by atoms with Crippen LogP contribution in [0, 0.1) is 0 Å². The zero-order valence-corrected chi connectivity index (χ0v) is 14.5. The van der Waals surface area contributed by atoms with Crippen molar-refractivity contribution in [2.24, 2.45) is 0 Å². The maximum atomic E-state index is 4.71. The van der Waals surface area contributed by atoms with Crippen molar-refractivity contribution in [2.75, 3.05) is 0 Å². The Labute approximate surface area is 129 Å². The summed E-state index contributed by atoms with van der Waals surface area (Å²) in [5.74, 6) is 0. The second-order valence-electron chi connectivity index (χ2n) is 6.01. The Kier molecular flexibility index (Phi) is 4.94. The molecule has 3 nitrogen and oxygen atoms in total. The Morgan fingerprint density at radius 1 is 1.35 bits per heavy atom. The molecule has 0 aromatic carbocycles. The lowest BCUT2D eigenvalue weighted by molar-refractivity contribution is 0.555. The highest BCUT2D eigenvalue weighted by atomic mass is 32.1. The van der Waals surface area contributed by atoms with Crippen LogP contribution in [0.4, 0.5) is 0 Å². The van der Waals surface area contributed by atoms with Crippen LogP contribution in [0.2, 0.25) is 0 Å². The fraction of sp³-hybridized carbons (Fsp3) is 0.600. The van der Waals surface area contributed by atoms with Crippen LogP contribution in [-0.2, 0) is 18.4 Å². The number of hydrogen-bond acceptors (Lipinski definition) is 5. The Hall–Kier alpha value is -0.780. The molecule has 0 aliphatic heterocycles. The van der Waals surface area contributed by atoms with E-state index in [4.69, 9.17) is 4.98 Å². The van der Waals surface area contributed by atoms with E-state index in [0.717, 1.165) is 23.7 Å². The van der Waals surface area contributed by atoms with Gasteiger partial charge in [0.1, 0.15) is 5.01 Å². The molecule has 0 spiro atoms. The topological polar surface area (TPSA) is 37.8 Å². The molecule has 2 aromatic rings. The summed E-state index contributed by atoms with van der Waals surface area (Å²) in [6.45, 7) is 11.7. The Balaban J connectivity index is 1.93. The van der Waals surface area contributed by atoms with Gasteiger partial charge in [0.15, 0.2) is 0 Å². The largest absolute Gasteiger partial charge is 0.302 e. The minimum atomic E-state index is 0.139. The van der Waals surface area contributed by atoms with Gasteiger partial charge in [-0.15, -0.1) is 22.7 Å². The molecule has 1 atom stereocenters. The molecule has 1 unspecified atom stereocenters. The maximum absolute atomic E-state index is 4.71. The molecule has 1 N–H and O–H groups in total. The summed E-state index contributed by atoms with van der Waals surface area (Å²) >= 11 is 3.54. The lowest BCUT2D eigenvalue weighted by atomic mass is 9.98. The van der Waals surface area contributed by atoms with E-state index in [9.17, 15) is 0 Å². The number of thiazole rings is 2. The number of aryl methyl sites for hydroxylation is 1. The first-order valence-electron chi connectivity index (χ1n) is 7.03. The van der Waals surface area contributed by atoms with Gasteiger partial charge in [-0.3, -0.25) is 0 Å². The van der Waals surface area contributed by atoms with Gasteiger partial charge in [0.05, 0.1) is 16.7 Å². The number of hydrogen-bond donors (Lipinski definition) is 1. The molecule has 0 radical (unpaired) electrons. The summed E-state index contributed by atoms with van der Waals surface area (Å²) in [5, 5.41) is 8.02. The third-order valence-electron chi connectivity index (χ3n) is 3.07. The quantitative estimate of drug-likeness (QED) is 0.894. The second kappa shape index (κ2) is 6.33. The van der Waals surface area contributed by atoms with Crippen molar-refractivity contribution >= 4 is 22.7 Å². The van der Waals surface area contributed by atoms with Gasteiger partial charge in [-0.05, 0) is 13.3 Å². The molecular weight excluding hydrogens is 286 g/mol. The SMILES string of the molecule is CCc1cnc(C(C)NCc2csc(C(C)(C)C)n2)s1. The predicted octanol–water partition coefficient (Wildman–Crippen LogP) is 4.31. The highest BCUT2D eigenvalue weighted by molar-refractivity contribution is 7.11. The van der Waals surface area contributed by atoms with Crippen molar-refractivity contribution in [1.29, 1.82) is 0 Å².